The number of rotatable bonds is 4. The highest BCUT2D eigenvalue weighted by Crippen LogP contribution is 2.34. The van der Waals surface area contributed by atoms with Gasteiger partial charge in [0.2, 0.25) is 0 Å². The lowest BCUT2D eigenvalue weighted by atomic mass is 10.1. The Bertz CT molecular complexity index is 589. The Morgan fingerprint density at radius 1 is 1.35 bits per heavy atom. The number of hydrogen-bond donors (Lipinski definition) is 1. The third kappa shape index (κ3) is 2.33. The minimum atomic E-state index is 0.631. The second-order valence-corrected chi connectivity index (χ2v) is 5.26. The maximum absolute atomic E-state index is 6.08. The molecule has 6 heteroatoms. The molecule has 6 nitrogen and oxygen atoms in total. The summed E-state index contributed by atoms with van der Waals surface area (Å²) in [7, 11) is 1.63. The Morgan fingerprint density at radius 3 is 2.90 bits per heavy atom. The van der Waals surface area contributed by atoms with E-state index in [-0.39, 0.29) is 0 Å². The Labute approximate surface area is 117 Å². The second-order valence-electron chi connectivity index (χ2n) is 5.26. The number of ether oxygens (including phenoxy) is 1. The van der Waals surface area contributed by atoms with Crippen LogP contribution in [0.15, 0.2) is 18.2 Å². The summed E-state index contributed by atoms with van der Waals surface area (Å²) in [6.07, 6.45) is 5.11. The van der Waals surface area contributed by atoms with Crippen LogP contribution in [0, 0.1) is 5.92 Å². The van der Waals surface area contributed by atoms with Gasteiger partial charge in [-0.3, -0.25) is 0 Å². The monoisotopic (exact) mass is 273 g/mol. The third-order valence-electron chi connectivity index (χ3n) is 3.94. The lowest BCUT2D eigenvalue weighted by Gasteiger charge is -2.13. The van der Waals surface area contributed by atoms with Crippen LogP contribution in [0.2, 0.25) is 0 Å². The van der Waals surface area contributed by atoms with E-state index >= 15 is 0 Å². The number of aromatic nitrogens is 4. The van der Waals surface area contributed by atoms with Gasteiger partial charge < -0.3 is 10.5 Å². The molecule has 0 saturated heterocycles. The van der Waals surface area contributed by atoms with Crippen molar-refractivity contribution < 1.29 is 4.74 Å². The minimum Gasteiger partial charge on any atom is -0.496 e. The molecule has 1 saturated carbocycles. The smallest absolute Gasteiger partial charge is 0.187 e. The van der Waals surface area contributed by atoms with Crippen molar-refractivity contribution in [2.45, 2.75) is 32.2 Å². The lowest BCUT2D eigenvalue weighted by Crippen LogP contribution is -2.11. The summed E-state index contributed by atoms with van der Waals surface area (Å²) in [5.74, 6) is 2.05. The average molecular weight is 273 g/mol. The van der Waals surface area contributed by atoms with Crippen molar-refractivity contribution in [3.63, 3.8) is 0 Å². The van der Waals surface area contributed by atoms with Crippen molar-refractivity contribution in [3.05, 3.63) is 18.2 Å². The number of anilines is 1. The van der Waals surface area contributed by atoms with Crippen LogP contribution in [-0.2, 0) is 6.54 Å². The van der Waals surface area contributed by atoms with Gasteiger partial charge >= 0.3 is 0 Å². The summed E-state index contributed by atoms with van der Waals surface area (Å²) >= 11 is 0. The normalized spacial score (nSPS) is 15.7. The topological polar surface area (TPSA) is 78.8 Å². The van der Waals surface area contributed by atoms with Gasteiger partial charge in [0.25, 0.3) is 0 Å². The van der Waals surface area contributed by atoms with Gasteiger partial charge in [0.05, 0.1) is 12.7 Å². The molecule has 0 bridgehead atoms. The highest BCUT2D eigenvalue weighted by atomic mass is 16.5. The van der Waals surface area contributed by atoms with Crippen molar-refractivity contribution >= 4 is 5.69 Å². The zero-order valence-electron chi connectivity index (χ0n) is 11.6. The van der Waals surface area contributed by atoms with E-state index in [1.165, 1.54) is 25.7 Å². The van der Waals surface area contributed by atoms with Gasteiger partial charge in [-0.05, 0) is 41.3 Å². The number of nitrogens with two attached hydrogens (primary N) is 1. The van der Waals surface area contributed by atoms with Crippen molar-refractivity contribution in [2.24, 2.45) is 5.92 Å². The zero-order chi connectivity index (χ0) is 13.9. The van der Waals surface area contributed by atoms with E-state index in [0.717, 1.165) is 12.1 Å². The van der Waals surface area contributed by atoms with Crippen LogP contribution < -0.4 is 10.5 Å². The van der Waals surface area contributed by atoms with Gasteiger partial charge in [0.15, 0.2) is 5.82 Å². The molecule has 0 atom stereocenters. The lowest BCUT2D eigenvalue weighted by molar-refractivity contribution is 0.411. The standard InChI is InChI=1S/C14H19N5O/c1-20-12-8-4-7-11(15)13(12)14-16-17-18-19(14)9-10-5-2-3-6-10/h4,7-8,10H,2-3,5-6,9,15H2,1H3. The van der Waals surface area contributed by atoms with Crippen LogP contribution in [0.5, 0.6) is 5.75 Å². The number of tetrazole rings is 1. The van der Waals surface area contributed by atoms with E-state index in [0.29, 0.717) is 23.2 Å². The fraction of sp³-hybridized carbons (Fsp3) is 0.500. The number of hydrogen-bond acceptors (Lipinski definition) is 5. The summed E-state index contributed by atoms with van der Waals surface area (Å²) in [4.78, 5) is 0. The maximum atomic E-state index is 6.08. The van der Waals surface area contributed by atoms with Crippen LogP contribution in [-0.4, -0.2) is 27.3 Å². The Balaban J connectivity index is 1.96. The summed E-state index contributed by atoms with van der Waals surface area (Å²) in [6, 6.07) is 5.58. The number of nitrogen functional groups attached to an aromatic ring is 1. The molecular formula is C14H19N5O. The first kappa shape index (κ1) is 12.9. The quantitative estimate of drug-likeness (QED) is 0.863. The van der Waals surface area contributed by atoms with E-state index in [2.05, 4.69) is 15.5 Å². The van der Waals surface area contributed by atoms with Gasteiger partial charge in [-0.1, -0.05) is 18.9 Å². The molecule has 1 heterocycles. The fourth-order valence-corrected chi connectivity index (χ4v) is 2.90. The van der Waals surface area contributed by atoms with Crippen LogP contribution in [0.3, 0.4) is 0 Å². The van der Waals surface area contributed by atoms with Gasteiger partial charge in [-0.2, -0.15) is 0 Å². The fourth-order valence-electron chi connectivity index (χ4n) is 2.90. The first-order valence-electron chi connectivity index (χ1n) is 6.98. The van der Waals surface area contributed by atoms with Crippen molar-refractivity contribution in [2.75, 3.05) is 12.8 Å². The highest BCUT2D eigenvalue weighted by molar-refractivity contribution is 5.77. The van der Waals surface area contributed by atoms with Crippen LogP contribution in [0.25, 0.3) is 11.4 Å². The zero-order valence-corrected chi connectivity index (χ0v) is 11.6. The van der Waals surface area contributed by atoms with Crippen molar-refractivity contribution in [3.8, 4) is 17.1 Å². The predicted octanol–water partition coefficient (Wildman–Crippen LogP) is 2.12. The molecule has 0 unspecified atom stereocenters. The average Bonchev–Trinajstić information content (AvgIpc) is 3.11. The first-order chi connectivity index (χ1) is 9.79. The molecule has 106 valence electrons. The molecule has 0 spiro atoms. The number of benzene rings is 1. The number of nitrogens with zero attached hydrogens (tertiary/aromatic N) is 4. The van der Waals surface area contributed by atoms with E-state index in [4.69, 9.17) is 10.5 Å². The summed E-state index contributed by atoms with van der Waals surface area (Å²) < 4.78 is 7.24. The van der Waals surface area contributed by atoms with E-state index in [1.54, 1.807) is 7.11 Å². The largest absolute Gasteiger partial charge is 0.496 e. The predicted molar refractivity (Wildman–Crippen MR) is 76.2 cm³/mol. The maximum Gasteiger partial charge on any atom is 0.187 e. The summed E-state index contributed by atoms with van der Waals surface area (Å²) in [5.41, 5.74) is 7.48. The summed E-state index contributed by atoms with van der Waals surface area (Å²) in [5, 5.41) is 12.1. The van der Waals surface area contributed by atoms with Crippen molar-refractivity contribution in [1.82, 2.24) is 20.2 Å². The number of methoxy groups -OCH3 is 1. The molecule has 1 aromatic heterocycles. The molecular weight excluding hydrogens is 254 g/mol. The van der Waals surface area contributed by atoms with Crippen LogP contribution >= 0.6 is 0 Å². The van der Waals surface area contributed by atoms with Gasteiger partial charge in [0.1, 0.15) is 5.75 Å². The second kappa shape index (κ2) is 5.48. The molecule has 1 fully saturated rings. The van der Waals surface area contributed by atoms with E-state index in [1.807, 2.05) is 22.9 Å². The Hall–Kier alpha value is -2.11. The first-order valence-corrected chi connectivity index (χ1v) is 6.98. The Morgan fingerprint density at radius 2 is 2.15 bits per heavy atom. The molecule has 0 aliphatic heterocycles. The van der Waals surface area contributed by atoms with Crippen molar-refractivity contribution in [1.29, 1.82) is 0 Å². The van der Waals surface area contributed by atoms with E-state index < -0.39 is 0 Å². The molecule has 1 aromatic carbocycles. The molecule has 1 aliphatic carbocycles. The van der Waals surface area contributed by atoms with Gasteiger partial charge in [0, 0.05) is 12.2 Å². The van der Waals surface area contributed by atoms with Gasteiger partial charge in [-0.25, -0.2) is 4.68 Å². The SMILES string of the molecule is COc1cccc(N)c1-c1nnnn1CC1CCCC1. The molecule has 3 rings (SSSR count). The Kier molecular flexibility index (Phi) is 3.54. The molecule has 2 aromatic rings. The molecule has 1 aliphatic rings. The third-order valence-corrected chi connectivity index (χ3v) is 3.94. The van der Waals surface area contributed by atoms with Crippen LogP contribution in [0.1, 0.15) is 25.7 Å². The van der Waals surface area contributed by atoms with E-state index in [9.17, 15) is 0 Å². The highest BCUT2D eigenvalue weighted by Gasteiger charge is 2.21. The summed E-state index contributed by atoms with van der Waals surface area (Å²) in [6.45, 7) is 0.847. The minimum absolute atomic E-state index is 0.631. The molecule has 20 heavy (non-hydrogen) atoms. The van der Waals surface area contributed by atoms with Gasteiger partial charge in [-0.15, -0.1) is 5.10 Å². The van der Waals surface area contributed by atoms with Crippen LogP contribution in [0.4, 0.5) is 5.69 Å². The molecule has 0 amide bonds. The molecule has 2 N–H and O–H groups in total. The molecule has 0 radical (unpaired) electrons.